The molecule has 0 spiro atoms. The lowest BCUT2D eigenvalue weighted by molar-refractivity contribution is -0.113. The quantitative estimate of drug-likeness (QED) is 0.327. The van der Waals surface area contributed by atoms with Gasteiger partial charge in [-0.2, -0.15) is 0 Å². The van der Waals surface area contributed by atoms with E-state index in [1.807, 2.05) is 48.5 Å². The van der Waals surface area contributed by atoms with Crippen LogP contribution in [0.4, 0.5) is 5.69 Å². The van der Waals surface area contributed by atoms with E-state index in [0.717, 1.165) is 16.0 Å². The van der Waals surface area contributed by atoms with E-state index in [-0.39, 0.29) is 11.3 Å². The molecule has 3 aromatic carbocycles. The van der Waals surface area contributed by atoms with Gasteiger partial charge >= 0.3 is 0 Å². The maximum Gasteiger partial charge on any atom is 0.234 e. The molecule has 1 heterocycles. The van der Waals surface area contributed by atoms with Gasteiger partial charge in [-0.15, -0.1) is 11.8 Å². The molecule has 1 amide bonds. The van der Waals surface area contributed by atoms with Crippen LogP contribution in [0.1, 0.15) is 26.3 Å². The van der Waals surface area contributed by atoms with Crippen molar-refractivity contribution in [1.82, 2.24) is 4.98 Å². The number of amides is 1. The van der Waals surface area contributed by atoms with E-state index in [4.69, 9.17) is 16.0 Å². The number of halogens is 1. The van der Waals surface area contributed by atoms with E-state index in [1.54, 1.807) is 6.07 Å². The average Bonchev–Trinajstić information content (AvgIpc) is 3.16. The van der Waals surface area contributed by atoms with Crippen LogP contribution in [0.5, 0.6) is 0 Å². The Morgan fingerprint density at radius 1 is 1.03 bits per heavy atom. The van der Waals surface area contributed by atoms with Gasteiger partial charge in [-0.25, -0.2) is 4.98 Å². The number of rotatable bonds is 5. The molecule has 4 aromatic rings. The van der Waals surface area contributed by atoms with Crippen molar-refractivity contribution in [3.8, 4) is 11.5 Å². The monoisotopic (exact) mass is 450 g/mol. The number of nitrogens with zero attached hydrogens (tertiary/aromatic N) is 1. The molecule has 0 saturated carbocycles. The van der Waals surface area contributed by atoms with Crippen molar-refractivity contribution in [2.75, 3.05) is 11.1 Å². The lowest BCUT2D eigenvalue weighted by Crippen LogP contribution is -2.13. The average molecular weight is 451 g/mol. The predicted octanol–water partition coefficient (Wildman–Crippen LogP) is 7.18. The van der Waals surface area contributed by atoms with Crippen molar-refractivity contribution in [2.45, 2.75) is 31.1 Å². The van der Waals surface area contributed by atoms with Crippen LogP contribution in [0.2, 0.25) is 5.02 Å². The Hall–Kier alpha value is -2.76. The fraction of sp³-hybridized carbons (Fsp3) is 0.200. The molecule has 0 bridgehead atoms. The van der Waals surface area contributed by atoms with Crippen LogP contribution < -0.4 is 5.32 Å². The molecule has 0 unspecified atom stereocenters. The molecule has 0 aliphatic heterocycles. The molecule has 0 atom stereocenters. The summed E-state index contributed by atoms with van der Waals surface area (Å²) in [6, 6.07) is 21.2. The van der Waals surface area contributed by atoms with E-state index in [1.165, 1.54) is 17.3 Å². The van der Waals surface area contributed by atoms with Crippen LogP contribution in [-0.4, -0.2) is 16.6 Å². The minimum Gasteiger partial charge on any atom is -0.436 e. The molecule has 0 aliphatic rings. The number of fused-ring (bicyclic) bond motifs is 1. The fourth-order valence-electron chi connectivity index (χ4n) is 3.12. The molecule has 4 rings (SSSR count). The second kappa shape index (κ2) is 8.77. The first-order chi connectivity index (χ1) is 14.8. The van der Waals surface area contributed by atoms with Crippen molar-refractivity contribution >= 4 is 46.1 Å². The normalized spacial score (nSPS) is 11.6. The van der Waals surface area contributed by atoms with E-state index in [2.05, 4.69) is 43.2 Å². The number of hydrogen-bond acceptors (Lipinski definition) is 4. The number of aromatic nitrogens is 1. The van der Waals surface area contributed by atoms with Crippen molar-refractivity contribution < 1.29 is 9.21 Å². The molecule has 1 N–H and O–H groups in total. The van der Waals surface area contributed by atoms with Gasteiger partial charge in [0, 0.05) is 27.2 Å². The highest BCUT2D eigenvalue weighted by Crippen LogP contribution is 2.29. The van der Waals surface area contributed by atoms with Gasteiger partial charge in [0.2, 0.25) is 11.8 Å². The van der Waals surface area contributed by atoms with Crippen LogP contribution in [-0.2, 0) is 10.2 Å². The van der Waals surface area contributed by atoms with Crippen molar-refractivity contribution in [3.63, 3.8) is 0 Å². The van der Waals surface area contributed by atoms with E-state index in [0.29, 0.717) is 27.9 Å². The minimum absolute atomic E-state index is 0.0863. The van der Waals surface area contributed by atoms with Gasteiger partial charge in [0.1, 0.15) is 5.52 Å². The molecular weight excluding hydrogens is 428 g/mol. The van der Waals surface area contributed by atoms with Gasteiger partial charge in [0.25, 0.3) is 0 Å². The summed E-state index contributed by atoms with van der Waals surface area (Å²) >= 11 is 7.35. The SMILES string of the molecule is CC(C)(C)c1ccc(-c2nc3ccc(NC(=O)CSc4ccc(Cl)cc4)cc3o2)cc1. The highest BCUT2D eigenvalue weighted by Gasteiger charge is 2.15. The van der Waals surface area contributed by atoms with Gasteiger partial charge in [0.15, 0.2) is 5.58 Å². The summed E-state index contributed by atoms with van der Waals surface area (Å²) in [4.78, 5) is 17.9. The van der Waals surface area contributed by atoms with Crippen LogP contribution >= 0.6 is 23.4 Å². The molecule has 4 nitrogen and oxygen atoms in total. The van der Waals surface area contributed by atoms with Crippen molar-refractivity contribution in [3.05, 3.63) is 77.3 Å². The molecule has 1 aromatic heterocycles. The van der Waals surface area contributed by atoms with E-state index < -0.39 is 0 Å². The predicted molar refractivity (Wildman–Crippen MR) is 129 cm³/mol. The summed E-state index contributed by atoms with van der Waals surface area (Å²) in [6.45, 7) is 6.56. The summed E-state index contributed by atoms with van der Waals surface area (Å²) in [6.07, 6.45) is 0. The molecule has 6 heteroatoms. The molecule has 0 aliphatic carbocycles. The summed E-state index contributed by atoms with van der Waals surface area (Å²) in [5, 5.41) is 3.59. The van der Waals surface area contributed by atoms with Crippen molar-refractivity contribution in [2.24, 2.45) is 0 Å². The van der Waals surface area contributed by atoms with E-state index in [9.17, 15) is 4.79 Å². The number of carbonyl (C=O) groups excluding carboxylic acids is 1. The van der Waals surface area contributed by atoms with Crippen LogP contribution in [0, 0.1) is 0 Å². The smallest absolute Gasteiger partial charge is 0.234 e. The second-order valence-corrected chi connectivity index (χ2v) is 9.80. The summed E-state index contributed by atoms with van der Waals surface area (Å²) in [7, 11) is 0. The zero-order chi connectivity index (χ0) is 22.0. The van der Waals surface area contributed by atoms with Gasteiger partial charge in [-0.05, 0) is 59.5 Å². The van der Waals surface area contributed by atoms with Crippen molar-refractivity contribution in [1.29, 1.82) is 0 Å². The van der Waals surface area contributed by atoms with Gasteiger partial charge in [-0.1, -0.05) is 44.5 Å². The zero-order valence-corrected chi connectivity index (χ0v) is 19.2. The second-order valence-electron chi connectivity index (χ2n) is 8.32. The van der Waals surface area contributed by atoms with Gasteiger partial charge < -0.3 is 9.73 Å². The lowest BCUT2D eigenvalue weighted by atomic mass is 9.87. The Balaban J connectivity index is 1.44. The van der Waals surface area contributed by atoms with Gasteiger partial charge in [0.05, 0.1) is 5.75 Å². The summed E-state index contributed by atoms with van der Waals surface area (Å²) in [5.41, 5.74) is 4.35. The standard InChI is InChI=1S/C25H23ClN2O2S/c1-25(2,3)17-6-4-16(5-7-17)24-28-21-13-10-19(14-22(21)30-24)27-23(29)15-31-20-11-8-18(26)9-12-20/h4-14H,15H2,1-3H3,(H,27,29). The third kappa shape index (κ3) is 5.30. The Morgan fingerprint density at radius 3 is 2.42 bits per heavy atom. The first-order valence-corrected chi connectivity index (χ1v) is 11.3. The number of hydrogen-bond donors (Lipinski definition) is 1. The first kappa shape index (κ1) is 21.5. The molecule has 158 valence electrons. The molecule has 0 saturated heterocycles. The number of nitrogens with one attached hydrogen (secondary N) is 1. The van der Waals surface area contributed by atoms with Gasteiger partial charge in [-0.3, -0.25) is 4.79 Å². The van der Waals surface area contributed by atoms with Crippen LogP contribution in [0.25, 0.3) is 22.6 Å². The zero-order valence-electron chi connectivity index (χ0n) is 17.6. The lowest BCUT2D eigenvalue weighted by Gasteiger charge is -2.18. The number of benzene rings is 3. The highest BCUT2D eigenvalue weighted by atomic mass is 35.5. The number of oxazole rings is 1. The highest BCUT2D eigenvalue weighted by molar-refractivity contribution is 8.00. The topological polar surface area (TPSA) is 55.1 Å². The third-order valence-corrected chi connectivity index (χ3v) is 6.12. The maximum atomic E-state index is 12.3. The van der Waals surface area contributed by atoms with E-state index >= 15 is 0 Å². The Kier molecular flexibility index (Phi) is 6.08. The summed E-state index contributed by atoms with van der Waals surface area (Å²) in [5.74, 6) is 0.788. The Labute approximate surface area is 191 Å². The minimum atomic E-state index is -0.0863. The number of thioether (sulfide) groups is 1. The molecule has 31 heavy (non-hydrogen) atoms. The third-order valence-electron chi connectivity index (χ3n) is 4.85. The molecular formula is C25H23ClN2O2S. The van der Waals surface area contributed by atoms with Crippen LogP contribution in [0.15, 0.2) is 76.0 Å². The molecule has 0 radical (unpaired) electrons. The number of anilines is 1. The Bertz CT molecular complexity index is 1210. The Morgan fingerprint density at radius 2 is 1.74 bits per heavy atom. The summed E-state index contributed by atoms with van der Waals surface area (Å²) < 4.78 is 5.96. The van der Waals surface area contributed by atoms with Crippen LogP contribution in [0.3, 0.4) is 0 Å². The molecule has 0 fully saturated rings. The number of carbonyl (C=O) groups is 1. The fourth-order valence-corrected chi connectivity index (χ4v) is 3.94. The first-order valence-electron chi connectivity index (χ1n) is 9.98. The maximum absolute atomic E-state index is 12.3. The largest absolute Gasteiger partial charge is 0.436 e.